The fraction of sp³-hybridized carbons (Fsp3) is 0.222. The van der Waals surface area contributed by atoms with Crippen LogP contribution in [0.1, 0.15) is 5.56 Å². The number of amides is 2. The van der Waals surface area contributed by atoms with Crippen molar-refractivity contribution >= 4 is 33.4 Å². The van der Waals surface area contributed by atoms with Crippen LogP contribution in [0.3, 0.4) is 0 Å². The van der Waals surface area contributed by atoms with E-state index in [2.05, 4.69) is 26.3 Å². The van der Waals surface area contributed by atoms with Gasteiger partial charge in [0.15, 0.2) is 12.1 Å². The van der Waals surface area contributed by atoms with E-state index in [1.165, 1.54) is 4.90 Å². The maximum absolute atomic E-state index is 12.9. The number of methoxy groups -OCH3 is 1. The van der Waals surface area contributed by atoms with Gasteiger partial charge in [0.1, 0.15) is 5.75 Å². The molecule has 2 aliphatic rings. The topological polar surface area (TPSA) is 74.6 Å². The number of carbonyl (C=O) groups excluding carboxylic acids is 2. The van der Waals surface area contributed by atoms with Crippen LogP contribution < -0.4 is 9.64 Å². The minimum atomic E-state index is -0.795. The summed E-state index contributed by atoms with van der Waals surface area (Å²) in [5.41, 5.74) is 1.48. The third-order valence-corrected chi connectivity index (χ3v) is 4.92. The van der Waals surface area contributed by atoms with Crippen molar-refractivity contribution in [3.63, 3.8) is 0 Å². The Bertz CT molecular complexity index is 900. The van der Waals surface area contributed by atoms with Gasteiger partial charge >= 0.3 is 0 Å². The summed E-state index contributed by atoms with van der Waals surface area (Å²) in [6.07, 6.45) is 0. The fourth-order valence-electron chi connectivity index (χ4n) is 3.16. The number of carbonyl (C=O) groups is 2. The Kier molecular flexibility index (Phi) is 4.20. The predicted octanol–water partition coefficient (Wildman–Crippen LogP) is 2.95. The Morgan fingerprint density at radius 3 is 2.58 bits per heavy atom. The Balaban J connectivity index is 1.58. The maximum Gasteiger partial charge on any atom is 0.263 e. The summed E-state index contributed by atoms with van der Waals surface area (Å²) in [7, 11) is 1.56. The van der Waals surface area contributed by atoms with Crippen LogP contribution >= 0.6 is 15.9 Å². The molecule has 2 amide bonds. The molecular weight excluding hydrogens is 400 g/mol. The molecular formula is C18H15BrN4O3. The van der Waals surface area contributed by atoms with Crippen molar-refractivity contribution in [2.75, 3.05) is 12.0 Å². The van der Waals surface area contributed by atoms with Gasteiger partial charge in [0.25, 0.3) is 11.8 Å². The Morgan fingerprint density at radius 1 is 1.12 bits per heavy atom. The molecule has 1 fully saturated rings. The van der Waals surface area contributed by atoms with Gasteiger partial charge in [-0.1, -0.05) is 33.3 Å². The first-order valence-corrected chi connectivity index (χ1v) is 8.81. The lowest BCUT2D eigenvalue weighted by Gasteiger charge is -2.20. The summed E-state index contributed by atoms with van der Waals surface area (Å²) < 4.78 is 6.06. The minimum absolute atomic E-state index is 0.315. The zero-order chi connectivity index (χ0) is 18.3. The predicted molar refractivity (Wildman–Crippen MR) is 97.6 cm³/mol. The van der Waals surface area contributed by atoms with E-state index in [9.17, 15) is 9.59 Å². The van der Waals surface area contributed by atoms with Crippen molar-refractivity contribution in [1.82, 2.24) is 5.01 Å². The van der Waals surface area contributed by atoms with Crippen LogP contribution in [0.4, 0.5) is 5.69 Å². The second-order valence-corrected chi connectivity index (χ2v) is 6.95. The van der Waals surface area contributed by atoms with E-state index < -0.39 is 12.1 Å². The van der Waals surface area contributed by atoms with Gasteiger partial charge in [-0.05, 0) is 42.0 Å². The van der Waals surface area contributed by atoms with E-state index >= 15 is 0 Å². The molecule has 26 heavy (non-hydrogen) atoms. The lowest BCUT2D eigenvalue weighted by Crippen LogP contribution is -2.39. The molecule has 0 radical (unpaired) electrons. The van der Waals surface area contributed by atoms with Gasteiger partial charge in [-0.25, -0.2) is 4.90 Å². The molecule has 132 valence electrons. The average Bonchev–Trinajstić information content (AvgIpc) is 3.16. The van der Waals surface area contributed by atoms with Gasteiger partial charge in [-0.15, -0.1) is 0 Å². The van der Waals surface area contributed by atoms with Crippen molar-refractivity contribution in [3.05, 3.63) is 58.6 Å². The molecule has 0 aliphatic carbocycles. The number of fused-ring (bicyclic) bond motifs is 1. The highest BCUT2D eigenvalue weighted by Crippen LogP contribution is 2.33. The Labute approximate surface area is 158 Å². The molecule has 2 aromatic rings. The third-order valence-electron chi connectivity index (χ3n) is 4.42. The van der Waals surface area contributed by atoms with Crippen LogP contribution in [0.5, 0.6) is 5.75 Å². The van der Waals surface area contributed by atoms with Crippen LogP contribution in [-0.4, -0.2) is 36.0 Å². The quantitative estimate of drug-likeness (QED) is 0.720. The smallest absolute Gasteiger partial charge is 0.263 e. The first kappa shape index (κ1) is 16.7. The lowest BCUT2D eigenvalue weighted by atomic mass is 10.1. The first-order chi connectivity index (χ1) is 12.6. The molecule has 0 bridgehead atoms. The van der Waals surface area contributed by atoms with Gasteiger partial charge in [0.05, 0.1) is 19.3 Å². The molecule has 0 unspecified atom stereocenters. The van der Waals surface area contributed by atoms with Crippen LogP contribution in [0.2, 0.25) is 0 Å². The summed E-state index contributed by atoms with van der Waals surface area (Å²) in [4.78, 5) is 26.8. The molecule has 2 aliphatic heterocycles. The summed E-state index contributed by atoms with van der Waals surface area (Å²) in [5, 5.41) is 9.68. The summed E-state index contributed by atoms with van der Waals surface area (Å²) in [6.45, 7) is 0.402. The molecule has 0 N–H and O–H groups in total. The normalized spacial score (nSPS) is 21.5. The van der Waals surface area contributed by atoms with Gasteiger partial charge in [-0.2, -0.15) is 5.11 Å². The molecule has 0 spiro atoms. The molecule has 0 saturated carbocycles. The second kappa shape index (κ2) is 6.53. The van der Waals surface area contributed by atoms with Crippen molar-refractivity contribution in [2.24, 2.45) is 10.3 Å². The van der Waals surface area contributed by atoms with E-state index in [1.54, 1.807) is 36.4 Å². The molecule has 2 aromatic carbocycles. The maximum atomic E-state index is 12.9. The number of halogens is 1. The molecule has 7 nitrogen and oxygen atoms in total. The Morgan fingerprint density at radius 2 is 1.88 bits per heavy atom. The van der Waals surface area contributed by atoms with Crippen LogP contribution in [0.15, 0.2) is 63.3 Å². The summed E-state index contributed by atoms with van der Waals surface area (Å²) in [6, 6.07) is 13.0. The van der Waals surface area contributed by atoms with Gasteiger partial charge < -0.3 is 4.74 Å². The highest BCUT2D eigenvalue weighted by atomic mass is 79.9. The van der Waals surface area contributed by atoms with Crippen LogP contribution in [0.25, 0.3) is 0 Å². The van der Waals surface area contributed by atoms with Gasteiger partial charge in [-0.3, -0.25) is 14.6 Å². The van der Waals surface area contributed by atoms with E-state index in [0.717, 1.165) is 10.0 Å². The van der Waals surface area contributed by atoms with Crippen LogP contribution in [-0.2, 0) is 16.1 Å². The van der Waals surface area contributed by atoms with Crippen molar-refractivity contribution in [2.45, 2.75) is 18.6 Å². The average molecular weight is 415 g/mol. The van der Waals surface area contributed by atoms with E-state index in [4.69, 9.17) is 4.74 Å². The van der Waals surface area contributed by atoms with Gasteiger partial charge in [0.2, 0.25) is 0 Å². The molecule has 4 rings (SSSR count). The highest BCUT2D eigenvalue weighted by molar-refractivity contribution is 9.10. The van der Waals surface area contributed by atoms with Crippen LogP contribution in [0, 0.1) is 0 Å². The van der Waals surface area contributed by atoms with Crippen molar-refractivity contribution in [3.8, 4) is 5.75 Å². The van der Waals surface area contributed by atoms with Crippen molar-refractivity contribution < 1.29 is 14.3 Å². The molecule has 8 heteroatoms. The molecule has 2 atom stereocenters. The Hall–Kier alpha value is -2.74. The number of anilines is 1. The number of hydrogen-bond acceptors (Lipinski definition) is 6. The van der Waals surface area contributed by atoms with E-state index in [1.807, 2.05) is 24.3 Å². The van der Waals surface area contributed by atoms with Gasteiger partial charge in [0, 0.05) is 4.47 Å². The number of ether oxygens (including phenoxy) is 1. The zero-order valence-corrected chi connectivity index (χ0v) is 15.5. The number of rotatable bonds is 4. The largest absolute Gasteiger partial charge is 0.497 e. The number of benzene rings is 2. The second-order valence-electron chi connectivity index (χ2n) is 6.03. The van der Waals surface area contributed by atoms with E-state index in [0.29, 0.717) is 18.0 Å². The SMILES string of the molecule is COc1ccc(N2C(=O)[C@@H]3[C@@H](N=NN3Cc3cccc(Br)c3)C2=O)cc1. The molecule has 0 aromatic heterocycles. The number of hydrogen-bond donors (Lipinski definition) is 0. The minimum Gasteiger partial charge on any atom is -0.497 e. The van der Waals surface area contributed by atoms with Crippen molar-refractivity contribution in [1.29, 1.82) is 0 Å². The molecule has 2 heterocycles. The number of imide groups is 1. The summed E-state index contributed by atoms with van der Waals surface area (Å²) >= 11 is 3.43. The monoisotopic (exact) mass is 414 g/mol. The molecule has 1 saturated heterocycles. The standard InChI is InChI=1S/C18H15BrN4O3/c1-26-14-7-5-13(6-8-14)23-17(24)15-16(18(23)25)22(21-20-15)10-11-3-2-4-12(19)9-11/h2-9,15-16H,10H2,1H3/t15-,16+/m1/s1. The zero-order valence-electron chi connectivity index (χ0n) is 13.9. The lowest BCUT2D eigenvalue weighted by molar-refractivity contribution is -0.123. The third kappa shape index (κ3) is 2.76. The first-order valence-electron chi connectivity index (χ1n) is 8.02. The summed E-state index contributed by atoms with van der Waals surface area (Å²) in [5.74, 6) is -0.0140. The number of nitrogens with zero attached hydrogens (tertiary/aromatic N) is 4. The highest BCUT2D eigenvalue weighted by Gasteiger charge is 2.54. The fourth-order valence-corrected chi connectivity index (χ4v) is 3.61. The van der Waals surface area contributed by atoms with E-state index in [-0.39, 0.29) is 11.8 Å².